The van der Waals surface area contributed by atoms with Gasteiger partial charge in [-0.2, -0.15) is 4.98 Å². The molecule has 1 atom stereocenters. The van der Waals surface area contributed by atoms with Gasteiger partial charge in [-0.1, -0.05) is 19.0 Å². The van der Waals surface area contributed by atoms with Crippen LogP contribution in [0.4, 0.5) is 0 Å². The second-order valence-corrected chi connectivity index (χ2v) is 8.71. The fourth-order valence-electron chi connectivity index (χ4n) is 2.21. The molecule has 2 aromatic heterocycles. The van der Waals surface area contributed by atoms with E-state index in [4.69, 9.17) is 4.52 Å². The number of nitrogens with zero attached hydrogens (tertiary/aromatic N) is 3. The van der Waals surface area contributed by atoms with Gasteiger partial charge in [0, 0.05) is 18.0 Å². The molecule has 2 heterocycles. The monoisotopic (exact) mass is 336 g/mol. The van der Waals surface area contributed by atoms with Gasteiger partial charge in [0.15, 0.2) is 0 Å². The summed E-state index contributed by atoms with van der Waals surface area (Å²) in [5.41, 5.74) is 0.773. The minimum atomic E-state index is -3.42. The second-order valence-electron chi connectivity index (χ2n) is 6.48. The molecule has 1 fully saturated rings. The Balaban J connectivity index is 1.87. The van der Waals surface area contributed by atoms with Crippen LogP contribution in [0.15, 0.2) is 29.0 Å². The van der Waals surface area contributed by atoms with Crippen LogP contribution in [0.1, 0.15) is 45.5 Å². The second kappa shape index (κ2) is 5.68. The van der Waals surface area contributed by atoms with Crippen LogP contribution in [-0.4, -0.2) is 28.3 Å². The Hall–Kier alpha value is -1.80. The Bertz CT molecular complexity index is 782. The number of aromatic nitrogens is 3. The highest BCUT2D eigenvalue weighted by atomic mass is 32.2. The summed E-state index contributed by atoms with van der Waals surface area (Å²) in [6.45, 7) is 5.58. The summed E-state index contributed by atoms with van der Waals surface area (Å²) in [5, 5.41) is 3.95. The molecule has 3 rings (SSSR count). The molecule has 23 heavy (non-hydrogen) atoms. The standard InChI is InChI=1S/C15H20N4O3S/c1-10(2)12(19-23(20,21)15(3)6-7-15)14-17-13(18-22-14)11-4-8-16-9-5-11/h4-5,8-10,12,19H,6-7H2,1-3H3. The summed E-state index contributed by atoms with van der Waals surface area (Å²) in [5.74, 6) is 0.683. The van der Waals surface area contributed by atoms with Crippen molar-refractivity contribution in [3.63, 3.8) is 0 Å². The minimum absolute atomic E-state index is 0.0159. The molecule has 1 aliphatic carbocycles. The molecule has 0 amide bonds. The molecule has 1 N–H and O–H groups in total. The maximum atomic E-state index is 12.5. The van der Waals surface area contributed by atoms with Gasteiger partial charge in [-0.05, 0) is 37.8 Å². The first-order valence-electron chi connectivity index (χ1n) is 7.58. The van der Waals surface area contributed by atoms with Gasteiger partial charge < -0.3 is 4.52 Å². The van der Waals surface area contributed by atoms with E-state index in [0.717, 1.165) is 5.56 Å². The smallest absolute Gasteiger partial charge is 0.245 e. The van der Waals surface area contributed by atoms with Crippen LogP contribution in [0.2, 0.25) is 0 Å². The third kappa shape index (κ3) is 3.13. The lowest BCUT2D eigenvalue weighted by molar-refractivity contribution is 0.310. The van der Waals surface area contributed by atoms with Gasteiger partial charge in [-0.15, -0.1) is 0 Å². The molecule has 1 aliphatic rings. The van der Waals surface area contributed by atoms with Gasteiger partial charge in [0.1, 0.15) is 6.04 Å². The highest BCUT2D eigenvalue weighted by Gasteiger charge is 2.51. The Morgan fingerprint density at radius 2 is 1.91 bits per heavy atom. The Morgan fingerprint density at radius 3 is 2.48 bits per heavy atom. The fourth-order valence-corrected chi connectivity index (χ4v) is 3.84. The van der Waals surface area contributed by atoms with Gasteiger partial charge in [0.05, 0.1) is 4.75 Å². The van der Waals surface area contributed by atoms with E-state index in [-0.39, 0.29) is 11.8 Å². The summed E-state index contributed by atoms with van der Waals surface area (Å²) in [4.78, 5) is 8.30. The molecule has 1 unspecified atom stereocenters. The fraction of sp³-hybridized carbons (Fsp3) is 0.533. The number of hydrogen-bond acceptors (Lipinski definition) is 6. The molecule has 0 radical (unpaired) electrons. The summed E-state index contributed by atoms with van der Waals surface area (Å²) >= 11 is 0. The van der Waals surface area contributed by atoms with E-state index in [1.165, 1.54) is 0 Å². The minimum Gasteiger partial charge on any atom is -0.337 e. The van der Waals surface area contributed by atoms with Gasteiger partial charge in [-0.3, -0.25) is 4.98 Å². The van der Waals surface area contributed by atoms with Crippen molar-refractivity contribution in [1.82, 2.24) is 19.8 Å². The first-order chi connectivity index (χ1) is 10.8. The topological polar surface area (TPSA) is 98.0 Å². The van der Waals surface area contributed by atoms with Crippen LogP contribution in [0, 0.1) is 5.92 Å². The van der Waals surface area contributed by atoms with Crippen molar-refractivity contribution in [1.29, 1.82) is 0 Å². The van der Waals surface area contributed by atoms with Crippen molar-refractivity contribution >= 4 is 10.0 Å². The Kier molecular flexibility index (Phi) is 3.97. The van der Waals surface area contributed by atoms with E-state index < -0.39 is 20.8 Å². The highest BCUT2D eigenvalue weighted by Crippen LogP contribution is 2.43. The van der Waals surface area contributed by atoms with E-state index >= 15 is 0 Å². The van der Waals surface area contributed by atoms with Crippen LogP contribution in [-0.2, 0) is 10.0 Å². The van der Waals surface area contributed by atoms with Crippen molar-refractivity contribution in [3.8, 4) is 11.4 Å². The molecule has 0 bridgehead atoms. The lowest BCUT2D eigenvalue weighted by Gasteiger charge is -2.21. The van der Waals surface area contributed by atoms with E-state index in [2.05, 4.69) is 19.8 Å². The van der Waals surface area contributed by atoms with Crippen molar-refractivity contribution < 1.29 is 12.9 Å². The first kappa shape index (κ1) is 16.1. The predicted octanol–water partition coefficient (Wildman–Crippen LogP) is 2.30. The molecule has 124 valence electrons. The average molecular weight is 336 g/mol. The number of sulfonamides is 1. The number of rotatable bonds is 6. The zero-order valence-electron chi connectivity index (χ0n) is 13.4. The van der Waals surface area contributed by atoms with Crippen LogP contribution < -0.4 is 4.72 Å². The first-order valence-corrected chi connectivity index (χ1v) is 9.07. The molecular formula is C15H20N4O3S. The van der Waals surface area contributed by atoms with Crippen LogP contribution in [0.25, 0.3) is 11.4 Å². The summed E-state index contributed by atoms with van der Waals surface area (Å²) in [6.07, 6.45) is 4.64. The summed E-state index contributed by atoms with van der Waals surface area (Å²) in [7, 11) is -3.42. The quantitative estimate of drug-likeness (QED) is 0.869. The van der Waals surface area contributed by atoms with E-state index in [1.54, 1.807) is 31.5 Å². The maximum absolute atomic E-state index is 12.5. The number of hydrogen-bond donors (Lipinski definition) is 1. The molecule has 7 nitrogen and oxygen atoms in total. The third-order valence-electron chi connectivity index (χ3n) is 4.20. The normalized spacial score (nSPS) is 18.1. The third-order valence-corrected chi connectivity index (χ3v) is 6.47. The highest BCUT2D eigenvalue weighted by molar-refractivity contribution is 7.91. The zero-order valence-corrected chi connectivity index (χ0v) is 14.2. The van der Waals surface area contributed by atoms with E-state index in [9.17, 15) is 8.42 Å². The van der Waals surface area contributed by atoms with Gasteiger partial charge >= 0.3 is 0 Å². The number of nitrogens with one attached hydrogen (secondary N) is 1. The lowest BCUT2D eigenvalue weighted by atomic mass is 10.1. The number of pyridine rings is 1. The largest absolute Gasteiger partial charge is 0.337 e. The van der Waals surface area contributed by atoms with Crippen molar-refractivity contribution in [2.45, 2.75) is 44.4 Å². The molecule has 0 spiro atoms. The molecule has 0 saturated heterocycles. The molecule has 2 aromatic rings. The maximum Gasteiger partial charge on any atom is 0.245 e. The summed E-state index contributed by atoms with van der Waals surface area (Å²) < 4.78 is 32.3. The average Bonchev–Trinajstić information content (AvgIpc) is 3.11. The van der Waals surface area contributed by atoms with Crippen molar-refractivity contribution in [2.24, 2.45) is 5.92 Å². The van der Waals surface area contributed by atoms with Gasteiger partial charge in [-0.25, -0.2) is 13.1 Å². The van der Waals surface area contributed by atoms with Crippen LogP contribution in [0.3, 0.4) is 0 Å². The van der Waals surface area contributed by atoms with Crippen LogP contribution in [0.5, 0.6) is 0 Å². The van der Waals surface area contributed by atoms with Crippen LogP contribution >= 0.6 is 0 Å². The predicted molar refractivity (Wildman–Crippen MR) is 84.8 cm³/mol. The zero-order chi connectivity index (χ0) is 16.7. The lowest BCUT2D eigenvalue weighted by Crippen LogP contribution is -2.38. The van der Waals surface area contributed by atoms with Crippen molar-refractivity contribution in [2.75, 3.05) is 0 Å². The van der Waals surface area contributed by atoms with Gasteiger partial charge in [0.2, 0.25) is 21.7 Å². The molecular weight excluding hydrogens is 316 g/mol. The van der Waals surface area contributed by atoms with Gasteiger partial charge in [0.25, 0.3) is 0 Å². The van der Waals surface area contributed by atoms with E-state index in [1.807, 2.05) is 13.8 Å². The molecule has 0 aliphatic heterocycles. The Morgan fingerprint density at radius 1 is 1.26 bits per heavy atom. The summed E-state index contributed by atoms with van der Waals surface area (Å²) in [6, 6.07) is 3.00. The van der Waals surface area contributed by atoms with Crippen molar-refractivity contribution in [3.05, 3.63) is 30.4 Å². The molecule has 0 aromatic carbocycles. The molecule has 8 heteroatoms. The Labute approximate surface area is 135 Å². The SMILES string of the molecule is CC(C)C(NS(=O)(=O)C1(C)CC1)c1nc(-c2ccncc2)no1. The molecule has 1 saturated carbocycles. The van der Waals surface area contributed by atoms with E-state index in [0.29, 0.717) is 18.7 Å².